The lowest BCUT2D eigenvalue weighted by Gasteiger charge is -2.13. The maximum atomic E-state index is 12.2. The van der Waals surface area contributed by atoms with Crippen molar-refractivity contribution in [2.24, 2.45) is 0 Å². The van der Waals surface area contributed by atoms with Crippen LogP contribution in [0.25, 0.3) is 0 Å². The predicted molar refractivity (Wildman–Crippen MR) is 87.7 cm³/mol. The standard InChI is InChI=1S/C16H18N2O3S/c1-11(22-15-6-4-5-9-17-15)16(19)18-12-7-8-13(20-2)14(10-12)21-3/h4-11H,1-3H3,(H,18,19). The van der Waals surface area contributed by atoms with Crippen LogP contribution in [0.5, 0.6) is 11.5 Å². The Balaban J connectivity index is 2.02. The quantitative estimate of drug-likeness (QED) is 0.829. The zero-order valence-electron chi connectivity index (χ0n) is 12.7. The van der Waals surface area contributed by atoms with E-state index in [1.54, 1.807) is 38.6 Å². The van der Waals surface area contributed by atoms with Gasteiger partial charge in [0.1, 0.15) is 0 Å². The number of carbonyl (C=O) groups excluding carboxylic acids is 1. The molecule has 0 saturated carbocycles. The van der Waals surface area contributed by atoms with Gasteiger partial charge in [-0.05, 0) is 31.2 Å². The minimum Gasteiger partial charge on any atom is -0.493 e. The van der Waals surface area contributed by atoms with Crippen molar-refractivity contribution >= 4 is 23.4 Å². The summed E-state index contributed by atoms with van der Waals surface area (Å²) in [7, 11) is 3.13. The smallest absolute Gasteiger partial charge is 0.237 e. The van der Waals surface area contributed by atoms with Gasteiger partial charge in [0.2, 0.25) is 5.91 Å². The number of rotatable bonds is 6. The Morgan fingerprint density at radius 2 is 1.95 bits per heavy atom. The minimum atomic E-state index is -0.261. The summed E-state index contributed by atoms with van der Waals surface area (Å²) >= 11 is 1.41. The van der Waals surface area contributed by atoms with E-state index in [-0.39, 0.29) is 11.2 Å². The number of amides is 1. The molecule has 0 aliphatic carbocycles. The maximum absolute atomic E-state index is 12.2. The van der Waals surface area contributed by atoms with E-state index in [4.69, 9.17) is 9.47 Å². The molecule has 2 aromatic rings. The Labute approximate surface area is 134 Å². The van der Waals surface area contributed by atoms with Crippen molar-refractivity contribution in [3.63, 3.8) is 0 Å². The van der Waals surface area contributed by atoms with Crippen molar-refractivity contribution < 1.29 is 14.3 Å². The highest BCUT2D eigenvalue weighted by Crippen LogP contribution is 2.30. The van der Waals surface area contributed by atoms with Crippen molar-refractivity contribution in [3.8, 4) is 11.5 Å². The van der Waals surface area contributed by atoms with Crippen LogP contribution in [0.2, 0.25) is 0 Å². The summed E-state index contributed by atoms with van der Waals surface area (Å²) in [5.74, 6) is 1.10. The Kier molecular flexibility index (Phi) is 5.66. The van der Waals surface area contributed by atoms with Gasteiger partial charge in [-0.15, -0.1) is 0 Å². The number of nitrogens with zero attached hydrogens (tertiary/aromatic N) is 1. The zero-order valence-corrected chi connectivity index (χ0v) is 13.5. The topological polar surface area (TPSA) is 60.5 Å². The normalized spacial score (nSPS) is 11.6. The van der Waals surface area contributed by atoms with Crippen molar-refractivity contribution in [1.29, 1.82) is 0 Å². The summed E-state index contributed by atoms with van der Waals surface area (Å²) < 4.78 is 10.4. The summed E-state index contributed by atoms with van der Waals surface area (Å²) in [5.41, 5.74) is 0.663. The first kappa shape index (κ1) is 16.2. The van der Waals surface area contributed by atoms with E-state index in [0.29, 0.717) is 17.2 Å². The fraction of sp³-hybridized carbons (Fsp3) is 0.250. The molecule has 1 unspecified atom stereocenters. The molecule has 1 amide bonds. The molecule has 1 N–H and O–H groups in total. The molecule has 1 aromatic carbocycles. The summed E-state index contributed by atoms with van der Waals surface area (Å²) in [4.78, 5) is 16.4. The number of hydrogen-bond acceptors (Lipinski definition) is 5. The number of nitrogens with one attached hydrogen (secondary N) is 1. The van der Waals surface area contributed by atoms with Gasteiger partial charge in [-0.3, -0.25) is 4.79 Å². The van der Waals surface area contributed by atoms with Crippen LogP contribution in [0.4, 0.5) is 5.69 Å². The van der Waals surface area contributed by atoms with Crippen molar-refractivity contribution in [3.05, 3.63) is 42.6 Å². The van der Waals surface area contributed by atoms with Gasteiger partial charge in [0.05, 0.1) is 24.5 Å². The number of methoxy groups -OCH3 is 2. The molecule has 22 heavy (non-hydrogen) atoms. The molecule has 0 radical (unpaired) electrons. The monoisotopic (exact) mass is 318 g/mol. The SMILES string of the molecule is COc1ccc(NC(=O)C(C)Sc2ccccn2)cc1OC. The van der Waals surface area contributed by atoms with Crippen molar-refractivity contribution in [2.75, 3.05) is 19.5 Å². The minimum absolute atomic E-state index is 0.0946. The maximum Gasteiger partial charge on any atom is 0.237 e. The Morgan fingerprint density at radius 1 is 1.18 bits per heavy atom. The summed E-state index contributed by atoms with van der Waals surface area (Å²) in [5, 5.41) is 3.42. The summed E-state index contributed by atoms with van der Waals surface area (Å²) in [6, 6.07) is 10.9. The summed E-state index contributed by atoms with van der Waals surface area (Å²) in [6.07, 6.45) is 1.71. The number of anilines is 1. The molecule has 0 saturated heterocycles. The highest BCUT2D eigenvalue weighted by Gasteiger charge is 2.16. The van der Waals surface area contributed by atoms with E-state index in [9.17, 15) is 4.79 Å². The fourth-order valence-corrected chi connectivity index (χ4v) is 2.62. The van der Waals surface area contributed by atoms with Crippen LogP contribution in [-0.2, 0) is 4.79 Å². The van der Waals surface area contributed by atoms with Crippen LogP contribution in [-0.4, -0.2) is 30.4 Å². The first-order chi connectivity index (χ1) is 10.6. The number of ether oxygens (including phenoxy) is 2. The number of aromatic nitrogens is 1. The molecule has 5 nitrogen and oxygen atoms in total. The Bertz CT molecular complexity index is 635. The van der Waals surface area contributed by atoms with Gasteiger partial charge in [-0.2, -0.15) is 0 Å². The number of carbonyl (C=O) groups is 1. The van der Waals surface area contributed by atoms with Crippen molar-refractivity contribution in [2.45, 2.75) is 17.2 Å². The highest BCUT2D eigenvalue weighted by molar-refractivity contribution is 8.00. The molecule has 0 aliphatic rings. The van der Waals surface area contributed by atoms with Gasteiger partial charge in [-0.1, -0.05) is 17.8 Å². The van der Waals surface area contributed by atoms with Gasteiger partial charge >= 0.3 is 0 Å². The van der Waals surface area contributed by atoms with Crippen LogP contribution in [0.3, 0.4) is 0 Å². The number of benzene rings is 1. The molecule has 2 rings (SSSR count). The molecule has 6 heteroatoms. The third-order valence-corrected chi connectivity index (χ3v) is 4.01. The molecule has 1 heterocycles. The second-order valence-corrected chi connectivity index (χ2v) is 5.85. The highest BCUT2D eigenvalue weighted by atomic mass is 32.2. The number of pyridine rings is 1. The van der Waals surface area contributed by atoms with Gasteiger partial charge < -0.3 is 14.8 Å². The lowest BCUT2D eigenvalue weighted by molar-refractivity contribution is -0.115. The lowest BCUT2D eigenvalue weighted by atomic mass is 10.2. The third kappa shape index (κ3) is 4.14. The molecular weight excluding hydrogens is 300 g/mol. The van der Waals surface area contributed by atoms with Crippen LogP contribution in [0, 0.1) is 0 Å². The van der Waals surface area contributed by atoms with Gasteiger partial charge in [0, 0.05) is 18.0 Å². The third-order valence-electron chi connectivity index (χ3n) is 2.96. The van der Waals surface area contributed by atoms with E-state index in [0.717, 1.165) is 5.03 Å². The molecule has 0 fully saturated rings. The van der Waals surface area contributed by atoms with Crippen LogP contribution < -0.4 is 14.8 Å². The largest absolute Gasteiger partial charge is 0.493 e. The van der Waals surface area contributed by atoms with Gasteiger partial charge in [-0.25, -0.2) is 4.98 Å². The van der Waals surface area contributed by atoms with Gasteiger partial charge in [0.25, 0.3) is 0 Å². The molecule has 116 valence electrons. The molecule has 0 aliphatic heterocycles. The van der Waals surface area contributed by atoms with E-state index in [2.05, 4.69) is 10.3 Å². The molecule has 1 atom stereocenters. The number of hydrogen-bond donors (Lipinski definition) is 1. The zero-order chi connectivity index (χ0) is 15.9. The average molecular weight is 318 g/mol. The molecular formula is C16H18N2O3S. The van der Waals surface area contributed by atoms with Crippen LogP contribution in [0.1, 0.15) is 6.92 Å². The van der Waals surface area contributed by atoms with Crippen LogP contribution in [0.15, 0.2) is 47.6 Å². The average Bonchev–Trinajstić information content (AvgIpc) is 2.55. The lowest BCUT2D eigenvalue weighted by Crippen LogP contribution is -2.22. The number of thioether (sulfide) groups is 1. The van der Waals surface area contributed by atoms with Crippen LogP contribution >= 0.6 is 11.8 Å². The first-order valence-corrected chi connectivity index (χ1v) is 7.62. The first-order valence-electron chi connectivity index (χ1n) is 6.74. The predicted octanol–water partition coefficient (Wildman–Crippen LogP) is 3.22. The van der Waals surface area contributed by atoms with E-state index < -0.39 is 0 Å². The van der Waals surface area contributed by atoms with Crippen molar-refractivity contribution in [1.82, 2.24) is 4.98 Å². The van der Waals surface area contributed by atoms with E-state index in [1.165, 1.54) is 11.8 Å². The second-order valence-electron chi connectivity index (χ2n) is 4.49. The second kappa shape index (κ2) is 7.70. The van der Waals surface area contributed by atoms with E-state index >= 15 is 0 Å². The molecule has 0 spiro atoms. The molecule has 0 bridgehead atoms. The fourth-order valence-electron chi connectivity index (χ4n) is 1.81. The Hall–Kier alpha value is -2.21. The van der Waals surface area contributed by atoms with E-state index in [1.807, 2.05) is 25.1 Å². The summed E-state index contributed by atoms with van der Waals surface area (Å²) in [6.45, 7) is 1.84. The molecule has 1 aromatic heterocycles. The Morgan fingerprint density at radius 3 is 2.59 bits per heavy atom. The van der Waals surface area contributed by atoms with Gasteiger partial charge in [0.15, 0.2) is 11.5 Å².